The maximum atomic E-state index is 11.9. The Morgan fingerprint density at radius 3 is 2.40 bits per heavy atom. The van der Waals surface area contributed by atoms with E-state index in [9.17, 15) is 22.9 Å². The Hall–Kier alpha value is -2.98. The van der Waals surface area contributed by atoms with Gasteiger partial charge in [-0.05, 0) is 18.4 Å². The normalized spacial score (nSPS) is 12.3. The molecule has 0 amide bonds. The molecule has 0 atom stereocenters. The molecule has 1 heterocycles. The monoisotopic (exact) mass is 362 g/mol. The quantitative estimate of drug-likeness (QED) is 0.486. The second-order valence-electron chi connectivity index (χ2n) is 5.42. The number of aryl methyl sites for hydroxylation is 2. The number of hydrogen-bond donors (Lipinski definition) is 3. The molecule has 0 bridgehead atoms. The third kappa shape index (κ3) is 2.92. The van der Waals surface area contributed by atoms with Crippen LogP contribution in [0.2, 0.25) is 0 Å². The average Bonchev–Trinajstić information content (AvgIpc) is 2.76. The summed E-state index contributed by atoms with van der Waals surface area (Å²) in [5.74, 6) is -0.486. The van der Waals surface area contributed by atoms with Crippen LogP contribution in [0.15, 0.2) is 50.3 Å². The minimum Gasteiger partial charge on any atom is -0.506 e. The Balaban J connectivity index is 2.31. The maximum Gasteiger partial charge on any atom is 0.297 e. The zero-order valence-electron chi connectivity index (χ0n) is 13.3. The van der Waals surface area contributed by atoms with E-state index in [4.69, 9.17) is 0 Å². The van der Waals surface area contributed by atoms with E-state index in [0.29, 0.717) is 11.1 Å². The van der Waals surface area contributed by atoms with Crippen molar-refractivity contribution >= 4 is 32.3 Å². The van der Waals surface area contributed by atoms with E-state index in [1.165, 1.54) is 23.9 Å². The molecule has 0 aliphatic rings. The number of benzene rings is 2. The van der Waals surface area contributed by atoms with Crippen molar-refractivity contribution in [2.24, 2.45) is 17.3 Å². The van der Waals surface area contributed by atoms with E-state index >= 15 is 0 Å². The van der Waals surface area contributed by atoms with Crippen LogP contribution < -0.4 is 5.56 Å². The predicted molar refractivity (Wildman–Crippen MR) is 90.4 cm³/mol. The third-order valence-electron chi connectivity index (χ3n) is 3.66. The van der Waals surface area contributed by atoms with Crippen molar-refractivity contribution in [1.29, 1.82) is 0 Å². The molecule has 130 valence electrons. The van der Waals surface area contributed by atoms with Gasteiger partial charge in [0.2, 0.25) is 0 Å². The average molecular weight is 362 g/mol. The van der Waals surface area contributed by atoms with Gasteiger partial charge in [-0.2, -0.15) is 8.42 Å². The number of hydrogen-bond acceptors (Lipinski definition) is 6. The van der Waals surface area contributed by atoms with E-state index < -0.39 is 32.0 Å². The highest BCUT2D eigenvalue weighted by Gasteiger charge is 2.23. The molecule has 0 saturated heterocycles. The van der Waals surface area contributed by atoms with Crippen LogP contribution in [0.3, 0.4) is 0 Å². The summed E-state index contributed by atoms with van der Waals surface area (Å²) in [5.41, 5.74) is -0.514. The summed E-state index contributed by atoms with van der Waals surface area (Å²) >= 11 is 0. The van der Waals surface area contributed by atoms with Crippen molar-refractivity contribution in [3.8, 4) is 5.75 Å². The number of phenolic OH excluding ortho intramolecular Hbond substituents is 1. The SMILES string of the molecule is Cc1[nH]n(C)c(=O)c1N=Nc1c(O)cc2ccccc2c1S(=O)(=O)O. The lowest BCUT2D eigenvalue weighted by Crippen LogP contribution is -2.10. The first-order chi connectivity index (χ1) is 11.7. The molecule has 0 fully saturated rings. The second kappa shape index (κ2) is 5.83. The Morgan fingerprint density at radius 1 is 1.16 bits per heavy atom. The lowest BCUT2D eigenvalue weighted by Gasteiger charge is -2.08. The first-order valence-corrected chi connectivity index (χ1v) is 8.53. The van der Waals surface area contributed by atoms with Gasteiger partial charge < -0.3 is 5.11 Å². The van der Waals surface area contributed by atoms with E-state index in [1.807, 2.05) is 0 Å². The largest absolute Gasteiger partial charge is 0.506 e. The van der Waals surface area contributed by atoms with Crippen LogP contribution in [0.4, 0.5) is 11.4 Å². The van der Waals surface area contributed by atoms with Crippen LogP contribution in [0.1, 0.15) is 5.69 Å². The number of nitrogens with one attached hydrogen (secondary N) is 1. The number of azo groups is 1. The molecular weight excluding hydrogens is 348 g/mol. The summed E-state index contributed by atoms with van der Waals surface area (Å²) in [6.07, 6.45) is 0. The molecule has 0 aliphatic heterocycles. The van der Waals surface area contributed by atoms with Gasteiger partial charge >= 0.3 is 0 Å². The number of nitrogens with zero attached hydrogens (tertiary/aromatic N) is 3. The third-order valence-corrected chi connectivity index (χ3v) is 4.59. The van der Waals surface area contributed by atoms with Gasteiger partial charge in [-0.25, -0.2) is 0 Å². The highest BCUT2D eigenvalue weighted by atomic mass is 32.2. The maximum absolute atomic E-state index is 11.9. The fourth-order valence-corrected chi connectivity index (χ4v) is 3.39. The second-order valence-corrected chi connectivity index (χ2v) is 6.78. The number of H-pyrrole nitrogens is 1. The van der Waals surface area contributed by atoms with Gasteiger partial charge in [0.15, 0.2) is 5.69 Å². The molecule has 3 rings (SSSR count). The first-order valence-electron chi connectivity index (χ1n) is 7.09. The summed E-state index contributed by atoms with van der Waals surface area (Å²) in [6.45, 7) is 1.60. The lowest BCUT2D eigenvalue weighted by atomic mass is 10.1. The molecule has 0 aliphatic carbocycles. The summed E-state index contributed by atoms with van der Waals surface area (Å²) in [5, 5.41) is 20.9. The summed E-state index contributed by atoms with van der Waals surface area (Å²) in [7, 11) is -3.22. The number of rotatable bonds is 3. The van der Waals surface area contributed by atoms with Crippen LogP contribution in [-0.4, -0.2) is 27.9 Å². The van der Waals surface area contributed by atoms with Crippen LogP contribution in [0, 0.1) is 6.92 Å². The molecule has 3 N–H and O–H groups in total. The molecule has 0 saturated carbocycles. The van der Waals surface area contributed by atoms with E-state index in [1.54, 1.807) is 25.1 Å². The standard InChI is InChI=1S/C15H14N4O5S/c1-8-12(15(21)19(2)18-8)16-17-13-11(20)7-9-5-3-4-6-10(9)14(13)25(22,23)24/h3-7,18,20H,1-2H3,(H,22,23,24). The minimum atomic E-state index is -4.71. The summed E-state index contributed by atoms with van der Waals surface area (Å²) in [6, 6.07) is 7.60. The molecule has 2 aromatic carbocycles. The number of phenols is 1. The number of aromatic hydroxyl groups is 1. The van der Waals surface area contributed by atoms with Crippen LogP contribution in [0.25, 0.3) is 10.8 Å². The lowest BCUT2D eigenvalue weighted by molar-refractivity contribution is 0.469. The van der Waals surface area contributed by atoms with E-state index in [0.717, 1.165) is 0 Å². The van der Waals surface area contributed by atoms with Crippen molar-refractivity contribution in [2.75, 3.05) is 0 Å². The molecule has 1 aromatic heterocycles. The fraction of sp³-hybridized carbons (Fsp3) is 0.133. The Bertz CT molecular complexity index is 1170. The minimum absolute atomic E-state index is 0.0312. The van der Waals surface area contributed by atoms with Gasteiger partial charge in [0, 0.05) is 12.4 Å². The fourth-order valence-electron chi connectivity index (χ4n) is 2.54. The van der Waals surface area contributed by atoms with Crippen molar-refractivity contribution in [2.45, 2.75) is 11.8 Å². The predicted octanol–water partition coefficient (Wildman–Crippen LogP) is 2.54. The highest BCUT2D eigenvalue weighted by molar-refractivity contribution is 7.86. The molecule has 3 aromatic rings. The van der Waals surface area contributed by atoms with E-state index in [-0.39, 0.29) is 11.1 Å². The molecule has 0 spiro atoms. The summed E-state index contributed by atoms with van der Waals surface area (Å²) in [4.78, 5) is 11.4. The molecule has 0 unspecified atom stereocenters. The van der Waals surface area contributed by atoms with Gasteiger partial charge in [0.1, 0.15) is 16.3 Å². The van der Waals surface area contributed by atoms with Crippen LogP contribution in [0.5, 0.6) is 5.75 Å². The molecule has 25 heavy (non-hydrogen) atoms. The van der Waals surface area contributed by atoms with Gasteiger partial charge in [-0.15, -0.1) is 10.2 Å². The van der Waals surface area contributed by atoms with Gasteiger partial charge in [0.25, 0.3) is 15.7 Å². The van der Waals surface area contributed by atoms with Gasteiger partial charge in [0.05, 0.1) is 5.69 Å². The van der Waals surface area contributed by atoms with Gasteiger partial charge in [-0.1, -0.05) is 24.3 Å². The highest BCUT2D eigenvalue weighted by Crippen LogP contribution is 2.40. The van der Waals surface area contributed by atoms with Crippen molar-refractivity contribution in [1.82, 2.24) is 9.78 Å². The van der Waals surface area contributed by atoms with E-state index in [2.05, 4.69) is 15.3 Å². The number of fused-ring (bicyclic) bond motifs is 1. The Morgan fingerprint density at radius 2 is 1.80 bits per heavy atom. The zero-order chi connectivity index (χ0) is 18.4. The first kappa shape index (κ1) is 16.9. The topological polar surface area (TPSA) is 137 Å². The van der Waals surface area contributed by atoms with Crippen molar-refractivity contribution < 1.29 is 18.1 Å². The van der Waals surface area contributed by atoms with Crippen LogP contribution in [-0.2, 0) is 17.2 Å². The van der Waals surface area contributed by atoms with Crippen molar-refractivity contribution in [3.63, 3.8) is 0 Å². The molecule has 0 radical (unpaired) electrons. The Kier molecular flexibility index (Phi) is 3.93. The number of aromatic nitrogens is 2. The van der Waals surface area contributed by atoms with Gasteiger partial charge in [-0.3, -0.25) is 19.1 Å². The van der Waals surface area contributed by atoms with Crippen molar-refractivity contribution in [3.05, 3.63) is 46.4 Å². The molecule has 10 heteroatoms. The smallest absolute Gasteiger partial charge is 0.297 e. The summed E-state index contributed by atoms with van der Waals surface area (Å²) < 4.78 is 34.5. The molecular formula is C15H14N4O5S. The van der Waals surface area contributed by atoms with Crippen LogP contribution >= 0.6 is 0 Å². The number of aromatic amines is 1. The Labute approximate surface area is 142 Å². The molecule has 9 nitrogen and oxygen atoms in total. The zero-order valence-corrected chi connectivity index (χ0v) is 14.1.